The van der Waals surface area contributed by atoms with Crippen molar-refractivity contribution in [1.29, 1.82) is 0 Å². The van der Waals surface area contributed by atoms with Gasteiger partial charge in [0.25, 0.3) is 5.91 Å². The Morgan fingerprint density at radius 2 is 1.39 bits per heavy atom. The minimum atomic E-state index is -0.250. The number of amides is 3. The Balaban J connectivity index is 1.08. The summed E-state index contributed by atoms with van der Waals surface area (Å²) in [6.07, 6.45) is 11.0. The fourth-order valence-electron chi connectivity index (χ4n) is 5.44. The molecule has 1 heterocycles. The number of hydrogen-bond donors (Lipinski definition) is 2. The lowest BCUT2D eigenvalue weighted by molar-refractivity contribution is -0.126. The predicted molar refractivity (Wildman–Crippen MR) is 213 cm³/mol. The number of anilines is 1. The van der Waals surface area contributed by atoms with Crippen LogP contribution in [0.1, 0.15) is 75.5 Å². The number of hydrogen-bond acceptors (Lipinski definition) is 9. The van der Waals surface area contributed by atoms with Crippen LogP contribution in [0.3, 0.4) is 0 Å². The van der Waals surface area contributed by atoms with Crippen LogP contribution in [0.2, 0.25) is 0 Å². The normalized spacial score (nSPS) is 13.5. The Labute approximate surface area is 321 Å². The van der Waals surface area contributed by atoms with Crippen molar-refractivity contribution < 1.29 is 38.2 Å². The molecule has 0 bridgehead atoms. The third-order valence-corrected chi connectivity index (χ3v) is 8.68. The predicted octanol–water partition coefficient (Wildman–Crippen LogP) is 5.95. The zero-order valence-corrected chi connectivity index (χ0v) is 32.2. The second-order valence-electron chi connectivity index (χ2n) is 13.1. The maximum atomic E-state index is 13.3. The molecule has 2 aromatic rings. The quantitative estimate of drug-likeness (QED) is 0.0472. The number of benzene rings is 2. The highest BCUT2D eigenvalue weighted by Crippen LogP contribution is 2.29. The first-order chi connectivity index (χ1) is 26.4. The highest BCUT2D eigenvalue weighted by Gasteiger charge is 2.20. The largest absolute Gasteiger partial charge is 0.386 e. The molecule has 296 valence electrons. The summed E-state index contributed by atoms with van der Waals surface area (Å²) in [5.41, 5.74) is 5.06. The van der Waals surface area contributed by atoms with Crippen LogP contribution in [0.4, 0.5) is 5.69 Å². The molecule has 1 aliphatic rings. The van der Waals surface area contributed by atoms with Gasteiger partial charge in [0, 0.05) is 25.9 Å². The van der Waals surface area contributed by atoms with Gasteiger partial charge < -0.3 is 39.3 Å². The summed E-state index contributed by atoms with van der Waals surface area (Å²) >= 11 is 0. The van der Waals surface area contributed by atoms with Crippen LogP contribution < -0.4 is 15.5 Å². The number of unbranched alkanes of at least 4 members (excludes halogenated alkanes) is 2. The summed E-state index contributed by atoms with van der Waals surface area (Å²) in [4.78, 5) is 44.3. The molecule has 0 saturated carbocycles. The Kier molecular flexibility index (Phi) is 22.2. The van der Waals surface area contributed by atoms with Gasteiger partial charge in [0.05, 0.1) is 70.8 Å². The van der Waals surface area contributed by atoms with Crippen molar-refractivity contribution >= 4 is 41.3 Å². The van der Waals surface area contributed by atoms with Gasteiger partial charge in [-0.25, -0.2) is 0 Å². The van der Waals surface area contributed by atoms with E-state index in [9.17, 15) is 14.4 Å². The third-order valence-electron chi connectivity index (χ3n) is 8.68. The summed E-state index contributed by atoms with van der Waals surface area (Å²) in [5, 5.41) is 9.62. The Morgan fingerprint density at radius 3 is 2.13 bits per heavy atom. The van der Waals surface area contributed by atoms with Crippen molar-refractivity contribution in [3.8, 4) is 0 Å². The fourth-order valence-corrected chi connectivity index (χ4v) is 5.44. The van der Waals surface area contributed by atoms with E-state index in [2.05, 4.69) is 53.6 Å². The van der Waals surface area contributed by atoms with Crippen LogP contribution in [0.15, 0.2) is 66.3 Å². The van der Waals surface area contributed by atoms with E-state index in [1.807, 2.05) is 54.3 Å². The van der Waals surface area contributed by atoms with E-state index in [0.29, 0.717) is 84.8 Å². The number of nitrogens with one attached hydrogen (secondary N) is 2. The van der Waals surface area contributed by atoms with E-state index in [1.165, 1.54) is 0 Å². The first-order valence-corrected chi connectivity index (χ1v) is 19.1. The summed E-state index contributed by atoms with van der Waals surface area (Å²) < 4.78 is 21.9. The molecule has 0 fully saturated rings. The van der Waals surface area contributed by atoms with Gasteiger partial charge in [-0.1, -0.05) is 79.2 Å². The number of rotatable bonds is 28. The molecule has 0 aromatic heterocycles. The lowest BCUT2D eigenvalue weighted by atomic mass is 10.0. The molecule has 1 aliphatic heterocycles. The van der Waals surface area contributed by atoms with Gasteiger partial charge >= 0.3 is 0 Å². The fraction of sp³-hybridized carbons (Fsp3) is 0.524. The van der Waals surface area contributed by atoms with Crippen LogP contribution in [-0.2, 0) is 44.7 Å². The highest BCUT2D eigenvalue weighted by molar-refractivity contribution is 5.97. The number of nitrogens with zero attached hydrogens (tertiary/aromatic N) is 2. The second kappa shape index (κ2) is 27.3. The molecule has 12 heteroatoms. The summed E-state index contributed by atoms with van der Waals surface area (Å²) in [7, 11) is 0. The highest BCUT2D eigenvalue weighted by atomic mass is 16.6. The van der Waals surface area contributed by atoms with Crippen molar-refractivity contribution in [1.82, 2.24) is 10.6 Å². The first kappa shape index (κ1) is 44.0. The minimum absolute atomic E-state index is 0.0523. The van der Waals surface area contributed by atoms with Crippen LogP contribution in [0.25, 0.3) is 12.2 Å². The monoisotopic (exact) mass is 748 g/mol. The van der Waals surface area contributed by atoms with Gasteiger partial charge in [-0.2, -0.15) is 0 Å². The van der Waals surface area contributed by atoms with Crippen LogP contribution in [0.5, 0.6) is 0 Å². The molecular weight excluding hydrogens is 688 g/mol. The lowest BCUT2D eigenvalue weighted by Gasteiger charge is -2.27. The number of ether oxygens (including phenoxy) is 4. The van der Waals surface area contributed by atoms with E-state index in [4.69, 9.17) is 23.8 Å². The average Bonchev–Trinajstić information content (AvgIpc) is 3.17. The minimum Gasteiger partial charge on any atom is -0.386 e. The van der Waals surface area contributed by atoms with Crippen molar-refractivity contribution in [3.63, 3.8) is 0 Å². The maximum absolute atomic E-state index is 13.3. The molecule has 3 rings (SSSR count). The summed E-state index contributed by atoms with van der Waals surface area (Å²) in [6, 6.07) is 16.2. The molecule has 0 radical (unpaired) electrons. The lowest BCUT2D eigenvalue weighted by Crippen LogP contribution is -2.31. The molecule has 3 amide bonds. The van der Waals surface area contributed by atoms with Gasteiger partial charge in [-0.15, -0.1) is 6.58 Å². The van der Waals surface area contributed by atoms with Gasteiger partial charge in [0.15, 0.2) is 6.61 Å². The molecule has 0 spiro atoms. The zero-order chi connectivity index (χ0) is 38.6. The SMILES string of the molecule is C=C[C@@H](C)CC/C(C)=N/OCC(=O)NCCOCCOCCOCCOCCC(=O)NCCCCCC(=O)N1Cc2ccccc2/C=C\c2ccccc21. The number of fused-ring (bicyclic) bond motifs is 2. The van der Waals surface area contributed by atoms with E-state index in [0.717, 1.165) is 60.2 Å². The standard InChI is InChI=1S/C42H60N4O8/c1-4-34(2)17-18-35(3)45-54-33-41(48)44-23-25-51-27-29-53-31-30-52-28-26-50-24-21-40(47)43-22-11-5-6-16-42(49)46-32-38-14-8-7-12-36(38)19-20-37-13-9-10-15-39(37)46/h4,7-10,12-15,19-20,34H,1,5-6,11,16-18,21-33H2,2-3H3,(H,43,47)(H,44,48)/b20-19-,45-35+/t34-/m1/s1. The van der Waals surface area contributed by atoms with Gasteiger partial charge in [-0.3, -0.25) is 14.4 Å². The van der Waals surface area contributed by atoms with Crippen molar-refractivity contribution in [2.24, 2.45) is 11.1 Å². The van der Waals surface area contributed by atoms with Crippen molar-refractivity contribution in [2.75, 3.05) is 77.5 Å². The Bertz CT molecular complexity index is 1480. The van der Waals surface area contributed by atoms with E-state index in [1.54, 1.807) is 0 Å². The molecule has 54 heavy (non-hydrogen) atoms. The zero-order valence-electron chi connectivity index (χ0n) is 32.2. The third kappa shape index (κ3) is 18.6. The van der Waals surface area contributed by atoms with Gasteiger partial charge in [0.1, 0.15) is 0 Å². The summed E-state index contributed by atoms with van der Waals surface area (Å²) in [5.74, 6) is 0.222. The number of para-hydroxylation sites is 1. The number of carbonyl (C=O) groups excluding carboxylic acids is 3. The van der Waals surface area contributed by atoms with Crippen molar-refractivity contribution in [2.45, 2.75) is 65.3 Å². The second-order valence-corrected chi connectivity index (χ2v) is 13.1. The molecule has 2 N–H and O–H groups in total. The topological polar surface area (TPSA) is 137 Å². The van der Waals surface area contributed by atoms with E-state index >= 15 is 0 Å². The van der Waals surface area contributed by atoms with Gasteiger partial charge in [-0.05, 0) is 61.3 Å². The molecule has 0 aliphatic carbocycles. The number of allylic oxidation sites excluding steroid dienone is 1. The molecule has 12 nitrogen and oxygen atoms in total. The molecular formula is C42H60N4O8. The van der Waals surface area contributed by atoms with Crippen LogP contribution in [0, 0.1) is 5.92 Å². The van der Waals surface area contributed by atoms with E-state index < -0.39 is 0 Å². The van der Waals surface area contributed by atoms with Gasteiger partial charge in [0.2, 0.25) is 11.8 Å². The Hall–Kier alpha value is -4.36. The first-order valence-electron chi connectivity index (χ1n) is 19.1. The number of oxime groups is 1. The molecule has 0 saturated heterocycles. The smallest absolute Gasteiger partial charge is 0.260 e. The van der Waals surface area contributed by atoms with Crippen molar-refractivity contribution in [3.05, 3.63) is 77.9 Å². The van der Waals surface area contributed by atoms with E-state index in [-0.39, 0.29) is 30.7 Å². The summed E-state index contributed by atoms with van der Waals surface area (Å²) in [6.45, 7) is 12.3. The Morgan fingerprint density at radius 1 is 0.759 bits per heavy atom. The molecule has 1 atom stereocenters. The van der Waals surface area contributed by atoms with Crippen LogP contribution in [-0.4, -0.2) is 96.0 Å². The number of carbonyl (C=O) groups is 3. The molecule has 2 aromatic carbocycles. The maximum Gasteiger partial charge on any atom is 0.260 e. The average molecular weight is 749 g/mol. The molecule has 0 unspecified atom stereocenters. The van der Waals surface area contributed by atoms with Crippen LogP contribution >= 0.6 is 0 Å².